The number of phenolic OH excluding ortho intramolecular Hbond substituents is 2. The molecule has 0 bridgehead atoms. The van der Waals surface area contributed by atoms with Gasteiger partial charge in [-0.1, -0.05) is 84.9 Å². The van der Waals surface area contributed by atoms with Gasteiger partial charge in [0.2, 0.25) is 0 Å². The number of fused-ring (bicyclic) bond motifs is 3. The van der Waals surface area contributed by atoms with E-state index in [1.807, 2.05) is 24.3 Å². The molecule has 0 spiro atoms. The lowest BCUT2D eigenvalue weighted by Crippen LogP contribution is -2.28. The van der Waals surface area contributed by atoms with E-state index in [2.05, 4.69) is 61.7 Å². The Kier molecular flexibility index (Phi) is 6.95. The van der Waals surface area contributed by atoms with Gasteiger partial charge in [0.15, 0.2) is 0 Å². The Labute approximate surface area is 200 Å². The fourth-order valence-electron chi connectivity index (χ4n) is 4.68. The Balaban J connectivity index is 0.000000344. The van der Waals surface area contributed by atoms with Crippen molar-refractivity contribution in [3.8, 4) is 22.6 Å². The number of phenols is 2. The summed E-state index contributed by atoms with van der Waals surface area (Å²) < 4.78 is 4.90. The van der Waals surface area contributed by atoms with Crippen LogP contribution in [0, 0.1) is 0 Å². The first-order valence-electron chi connectivity index (χ1n) is 11.2. The summed E-state index contributed by atoms with van der Waals surface area (Å²) in [5.41, 5.74) is 6.54. The molecule has 170 valence electrons. The molecular weight excluding hydrogens is 420 g/mol. The molecule has 2 N–H and O–H groups in total. The van der Waals surface area contributed by atoms with Crippen LogP contribution in [0.5, 0.6) is 11.5 Å². The molecular formula is C31H28O3. The van der Waals surface area contributed by atoms with E-state index in [9.17, 15) is 10.2 Å². The van der Waals surface area contributed by atoms with Gasteiger partial charge in [0.05, 0.1) is 18.6 Å². The van der Waals surface area contributed by atoms with Crippen LogP contribution in [0.2, 0.25) is 0 Å². The second-order valence-electron chi connectivity index (χ2n) is 8.05. The number of hydrogen-bond donors (Lipinski definition) is 2. The molecule has 0 amide bonds. The van der Waals surface area contributed by atoms with E-state index in [1.54, 1.807) is 36.4 Å². The molecule has 0 atom stereocenters. The summed E-state index contributed by atoms with van der Waals surface area (Å²) in [6.07, 6.45) is 3.42. The molecule has 0 aliphatic heterocycles. The highest BCUT2D eigenvalue weighted by atomic mass is 16.5. The molecule has 0 saturated carbocycles. The SMILES string of the molecule is C=CCOCC=C.Oc1ccc(C2(c3ccc(O)cc3)c3ccccc3-c3ccccc32)cc1. The average Bonchev–Trinajstić information content (AvgIpc) is 3.17. The third-order valence-electron chi connectivity index (χ3n) is 6.02. The van der Waals surface area contributed by atoms with Crippen molar-refractivity contribution in [1.29, 1.82) is 0 Å². The first-order chi connectivity index (χ1) is 16.6. The van der Waals surface area contributed by atoms with E-state index in [0.29, 0.717) is 13.2 Å². The van der Waals surface area contributed by atoms with E-state index in [1.165, 1.54) is 22.3 Å². The summed E-state index contributed by atoms with van der Waals surface area (Å²) in [6.45, 7) is 8.18. The van der Waals surface area contributed by atoms with Crippen molar-refractivity contribution >= 4 is 0 Å². The van der Waals surface area contributed by atoms with Crippen LogP contribution in [-0.4, -0.2) is 23.4 Å². The van der Waals surface area contributed by atoms with Crippen molar-refractivity contribution in [2.24, 2.45) is 0 Å². The molecule has 0 fully saturated rings. The summed E-state index contributed by atoms with van der Waals surface area (Å²) >= 11 is 0. The standard InChI is InChI=1S/C25H18O2.C6H10O/c26-19-13-9-17(10-14-19)25(18-11-15-20(27)16-12-18)23-7-3-1-5-21(23)22-6-2-4-8-24(22)25;1-3-5-7-6-4-2/h1-16,26-27H;3-4H,1-2,5-6H2. The van der Waals surface area contributed by atoms with Crippen molar-refractivity contribution < 1.29 is 14.9 Å². The lowest BCUT2D eigenvalue weighted by Gasteiger charge is -2.33. The van der Waals surface area contributed by atoms with Crippen LogP contribution in [0.15, 0.2) is 122 Å². The maximum Gasteiger partial charge on any atom is 0.115 e. The zero-order valence-electron chi connectivity index (χ0n) is 19.0. The minimum Gasteiger partial charge on any atom is -0.508 e. The minimum absolute atomic E-state index is 0.249. The Hall–Kier alpha value is -4.08. The van der Waals surface area contributed by atoms with Gasteiger partial charge in [-0.2, -0.15) is 0 Å². The van der Waals surface area contributed by atoms with Gasteiger partial charge >= 0.3 is 0 Å². The number of ether oxygens (including phenoxy) is 1. The molecule has 1 aliphatic rings. The first kappa shape index (κ1) is 23.1. The zero-order valence-corrected chi connectivity index (χ0v) is 19.0. The van der Waals surface area contributed by atoms with Crippen LogP contribution in [0.25, 0.3) is 11.1 Å². The normalized spacial score (nSPS) is 12.6. The highest BCUT2D eigenvalue weighted by molar-refractivity contribution is 5.86. The van der Waals surface area contributed by atoms with Crippen LogP contribution in [0.3, 0.4) is 0 Å². The number of aromatic hydroxyl groups is 2. The van der Waals surface area contributed by atoms with Gasteiger partial charge in [0.25, 0.3) is 0 Å². The molecule has 4 aromatic carbocycles. The van der Waals surface area contributed by atoms with Gasteiger partial charge in [0.1, 0.15) is 11.5 Å². The van der Waals surface area contributed by atoms with Gasteiger partial charge in [-0.3, -0.25) is 0 Å². The second kappa shape index (κ2) is 10.2. The van der Waals surface area contributed by atoms with Crippen molar-refractivity contribution in [3.05, 3.63) is 145 Å². The predicted molar refractivity (Wildman–Crippen MR) is 138 cm³/mol. The third-order valence-corrected chi connectivity index (χ3v) is 6.02. The number of rotatable bonds is 6. The van der Waals surface area contributed by atoms with Gasteiger partial charge in [-0.05, 0) is 57.6 Å². The molecule has 3 nitrogen and oxygen atoms in total. The van der Waals surface area contributed by atoms with Crippen molar-refractivity contribution in [3.63, 3.8) is 0 Å². The van der Waals surface area contributed by atoms with E-state index < -0.39 is 5.41 Å². The van der Waals surface area contributed by atoms with E-state index in [4.69, 9.17) is 4.74 Å². The van der Waals surface area contributed by atoms with Crippen molar-refractivity contribution in [2.45, 2.75) is 5.41 Å². The van der Waals surface area contributed by atoms with E-state index >= 15 is 0 Å². The summed E-state index contributed by atoms with van der Waals surface area (Å²) in [7, 11) is 0. The maximum atomic E-state index is 9.85. The van der Waals surface area contributed by atoms with E-state index in [0.717, 1.165) is 11.1 Å². The van der Waals surface area contributed by atoms with Gasteiger partial charge in [0, 0.05) is 0 Å². The second-order valence-corrected chi connectivity index (χ2v) is 8.05. The predicted octanol–water partition coefficient (Wildman–Crippen LogP) is 6.84. The lowest BCUT2D eigenvalue weighted by atomic mass is 9.68. The lowest BCUT2D eigenvalue weighted by molar-refractivity contribution is 0.194. The van der Waals surface area contributed by atoms with Gasteiger partial charge in [-0.15, -0.1) is 13.2 Å². The fraction of sp³-hybridized carbons (Fsp3) is 0.0968. The number of hydrogen-bond acceptors (Lipinski definition) is 3. The monoisotopic (exact) mass is 448 g/mol. The molecule has 0 unspecified atom stereocenters. The maximum absolute atomic E-state index is 9.85. The van der Waals surface area contributed by atoms with Crippen LogP contribution in [0.1, 0.15) is 22.3 Å². The molecule has 0 heterocycles. The topological polar surface area (TPSA) is 49.7 Å². The highest BCUT2D eigenvalue weighted by Gasteiger charge is 2.45. The van der Waals surface area contributed by atoms with Crippen LogP contribution in [-0.2, 0) is 10.2 Å². The zero-order chi connectivity index (χ0) is 24.0. The Morgan fingerprint density at radius 2 is 0.971 bits per heavy atom. The molecule has 0 aromatic heterocycles. The molecule has 0 saturated heterocycles. The van der Waals surface area contributed by atoms with Crippen LogP contribution < -0.4 is 0 Å². The Bertz CT molecular complexity index is 1170. The molecule has 0 radical (unpaired) electrons. The molecule has 5 rings (SSSR count). The average molecular weight is 449 g/mol. The van der Waals surface area contributed by atoms with E-state index in [-0.39, 0.29) is 11.5 Å². The molecule has 3 heteroatoms. The minimum atomic E-state index is -0.491. The highest BCUT2D eigenvalue weighted by Crippen LogP contribution is 2.56. The summed E-state index contributed by atoms with van der Waals surface area (Å²) in [5, 5.41) is 19.7. The molecule has 1 aliphatic carbocycles. The largest absolute Gasteiger partial charge is 0.508 e. The Morgan fingerprint density at radius 3 is 1.35 bits per heavy atom. The van der Waals surface area contributed by atoms with Gasteiger partial charge in [-0.25, -0.2) is 0 Å². The quantitative estimate of drug-likeness (QED) is 0.221. The summed E-state index contributed by atoms with van der Waals surface area (Å²) in [6, 6.07) is 31.9. The summed E-state index contributed by atoms with van der Waals surface area (Å²) in [4.78, 5) is 0. The van der Waals surface area contributed by atoms with Gasteiger partial charge < -0.3 is 14.9 Å². The number of benzene rings is 4. The smallest absolute Gasteiger partial charge is 0.115 e. The molecule has 34 heavy (non-hydrogen) atoms. The first-order valence-corrected chi connectivity index (χ1v) is 11.2. The van der Waals surface area contributed by atoms with Crippen molar-refractivity contribution in [1.82, 2.24) is 0 Å². The van der Waals surface area contributed by atoms with Crippen molar-refractivity contribution in [2.75, 3.05) is 13.2 Å². The van der Waals surface area contributed by atoms with Crippen LogP contribution in [0.4, 0.5) is 0 Å². The fourth-order valence-corrected chi connectivity index (χ4v) is 4.68. The Morgan fingerprint density at radius 1 is 0.588 bits per heavy atom. The molecule has 4 aromatic rings. The third kappa shape index (κ3) is 4.14. The van der Waals surface area contributed by atoms with Crippen LogP contribution >= 0.6 is 0 Å². The summed E-state index contributed by atoms with van der Waals surface area (Å²) in [5.74, 6) is 0.498.